The van der Waals surface area contributed by atoms with Crippen LogP contribution in [0, 0.1) is 0 Å². The number of anilines is 1. The number of rotatable bonds is 7. The summed E-state index contributed by atoms with van der Waals surface area (Å²) in [5.41, 5.74) is 1.10. The molecule has 1 aliphatic rings. The van der Waals surface area contributed by atoms with E-state index >= 15 is 0 Å². The first-order valence-electron chi connectivity index (χ1n) is 10.0. The van der Waals surface area contributed by atoms with Gasteiger partial charge in [0, 0.05) is 35.8 Å². The molecule has 3 heterocycles. The van der Waals surface area contributed by atoms with E-state index in [0.29, 0.717) is 30.3 Å². The summed E-state index contributed by atoms with van der Waals surface area (Å²) in [6.07, 6.45) is 1.75. The van der Waals surface area contributed by atoms with E-state index < -0.39 is 10.0 Å². The second-order valence-corrected chi connectivity index (χ2v) is 11.3. The number of aromatic nitrogens is 1. The van der Waals surface area contributed by atoms with Crippen LogP contribution in [0.15, 0.2) is 46.7 Å². The zero-order valence-electron chi connectivity index (χ0n) is 17.3. The number of carbonyl (C=O) groups excluding carboxylic acids is 2. The lowest BCUT2D eigenvalue weighted by Crippen LogP contribution is -2.27. The topological polar surface area (TPSA) is 108 Å². The molecule has 32 heavy (non-hydrogen) atoms. The third kappa shape index (κ3) is 5.07. The largest absolute Gasteiger partial charge is 0.351 e. The van der Waals surface area contributed by atoms with E-state index in [1.165, 1.54) is 58.2 Å². The molecule has 2 N–H and O–H groups in total. The summed E-state index contributed by atoms with van der Waals surface area (Å²) >= 11 is 2.84. The minimum absolute atomic E-state index is 0.0831. The Labute approximate surface area is 194 Å². The molecule has 168 valence electrons. The number of carbonyl (C=O) groups is 2. The highest BCUT2D eigenvalue weighted by atomic mass is 32.2. The van der Waals surface area contributed by atoms with Crippen LogP contribution in [-0.4, -0.2) is 42.6 Å². The molecule has 3 aromatic rings. The first-order chi connectivity index (χ1) is 15.3. The highest BCUT2D eigenvalue weighted by Gasteiger charge is 2.27. The molecule has 0 spiro atoms. The molecular formula is C21H22N4O4S3. The van der Waals surface area contributed by atoms with Crippen LogP contribution in [0.4, 0.5) is 5.13 Å². The van der Waals surface area contributed by atoms with Gasteiger partial charge in [0.25, 0.3) is 5.91 Å². The van der Waals surface area contributed by atoms with E-state index in [1.54, 1.807) is 0 Å². The molecule has 11 heteroatoms. The molecule has 1 aromatic carbocycles. The van der Waals surface area contributed by atoms with Crippen molar-refractivity contribution >= 4 is 49.6 Å². The van der Waals surface area contributed by atoms with Gasteiger partial charge in [-0.2, -0.15) is 4.31 Å². The van der Waals surface area contributed by atoms with E-state index in [1.807, 2.05) is 17.5 Å². The number of nitrogens with one attached hydrogen (secondary N) is 2. The SMILES string of the molecule is CC(=O)NCc1ccc(-c2csc(NC(=O)c3ccc(S(=O)(=O)N4CCCC4)cc3)n2)s1. The first kappa shape index (κ1) is 22.6. The van der Waals surface area contributed by atoms with Crippen molar-refractivity contribution in [3.63, 3.8) is 0 Å². The van der Waals surface area contributed by atoms with Gasteiger partial charge in [-0.25, -0.2) is 13.4 Å². The molecule has 0 saturated carbocycles. The van der Waals surface area contributed by atoms with Crippen LogP contribution in [0.1, 0.15) is 35.0 Å². The Morgan fingerprint density at radius 1 is 1.09 bits per heavy atom. The summed E-state index contributed by atoms with van der Waals surface area (Å²) in [5, 5.41) is 7.84. The Balaban J connectivity index is 1.40. The lowest BCUT2D eigenvalue weighted by Gasteiger charge is -2.15. The van der Waals surface area contributed by atoms with Crippen LogP contribution in [0.2, 0.25) is 0 Å². The maximum absolute atomic E-state index is 12.6. The van der Waals surface area contributed by atoms with Gasteiger partial charge in [-0.3, -0.25) is 14.9 Å². The van der Waals surface area contributed by atoms with Crippen LogP contribution >= 0.6 is 22.7 Å². The van der Waals surface area contributed by atoms with Crippen molar-refractivity contribution in [2.24, 2.45) is 0 Å². The quantitative estimate of drug-likeness (QED) is 0.527. The van der Waals surface area contributed by atoms with Crippen molar-refractivity contribution in [2.45, 2.75) is 31.2 Å². The molecule has 0 radical (unpaired) electrons. The third-order valence-corrected chi connectivity index (χ3v) is 8.75. The molecule has 0 unspecified atom stereocenters. The number of hydrogen-bond acceptors (Lipinski definition) is 7. The van der Waals surface area contributed by atoms with Crippen LogP contribution in [0.3, 0.4) is 0 Å². The van der Waals surface area contributed by atoms with Gasteiger partial charge in [-0.15, -0.1) is 22.7 Å². The standard InChI is InChI=1S/C21H22N4O4S3/c1-14(26)22-12-16-6-9-19(31-16)18-13-30-21(23-18)24-20(27)15-4-7-17(8-5-15)32(28,29)25-10-2-3-11-25/h4-9,13H,2-3,10-12H2,1H3,(H,22,26)(H,23,24,27). The first-order valence-corrected chi connectivity index (χ1v) is 13.2. The second kappa shape index (κ2) is 9.49. The van der Waals surface area contributed by atoms with Crippen molar-refractivity contribution in [2.75, 3.05) is 18.4 Å². The lowest BCUT2D eigenvalue weighted by molar-refractivity contribution is -0.119. The number of amides is 2. The number of nitrogens with zero attached hydrogens (tertiary/aromatic N) is 2. The summed E-state index contributed by atoms with van der Waals surface area (Å²) in [5.74, 6) is -0.436. The Morgan fingerprint density at radius 3 is 2.50 bits per heavy atom. The predicted octanol–water partition coefficient (Wildman–Crippen LogP) is 3.54. The van der Waals surface area contributed by atoms with E-state index in [0.717, 1.165) is 28.3 Å². The lowest BCUT2D eigenvalue weighted by atomic mass is 10.2. The van der Waals surface area contributed by atoms with E-state index in [9.17, 15) is 18.0 Å². The minimum atomic E-state index is -3.51. The van der Waals surface area contributed by atoms with Gasteiger partial charge in [0.1, 0.15) is 0 Å². The molecule has 1 fully saturated rings. The highest BCUT2D eigenvalue weighted by molar-refractivity contribution is 7.89. The minimum Gasteiger partial charge on any atom is -0.351 e. The molecule has 8 nitrogen and oxygen atoms in total. The Morgan fingerprint density at radius 2 is 1.81 bits per heavy atom. The fraction of sp³-hybridized carbons (Fsp3) is 0.286. The van der Waals surface area contributed by atoms with Crippen LogP contribution < -0.4 is 10.6 Å². The summed E-state index contributed by atoms with van der Waals surface area (Å²) < 4.78 is 26.7. The summed E-state index contributed by atoms with van der Waals surface area (Å²) in [6, 6.07) is 9.84. The van der Waals surface area contributed by atoms with E-state index in [2.05, 4.69) is 15.6 Å². The smallest absolute Gasteiger partial charge is 0.257 e. The number of thiophene rings is 1. The maximum Gasteiger partial charge on any atom is 0.257 e. The van der Waals surface area contributed by atoms with Crippen molar-refractivity contribution in [1.29, 1.82) is 0 Å². The van der Waals surface area contributed by atoms with Crippen molar-refractivity contribution in [3.05, 3.63) is 52.2 Å². The van der Waals surface area contributed by atoms with Gasteiger partial charge in [-0.1, -0.05) is 0 Å². The van der Waals surface area contributed by atoms with E-state index in [-0.39, 0.29) is 16.7 Å². The van der Waals surface area contributed by atoms with Crippen molar-refractivity contribution < 1.29 is 18.0 Å². The van der Waals surface area contributed by atoms with Gasteiger partial charge in [0.05, 0.1) is 22.0 Å². The van der Waals surface area contributed by atoms with Gasteiger partial charge in [0.2, 0.25) is 15.9 Å². The summed E-state index contributed by atoms with van der Waals surface area (Å²) in [7, 11) is -3.51. The van der Waals surface area contributed by atoms with Crippen LogP contribution in [0.25, 0.3) is 10.6 Å². The molecule has 0 atom stereocenters. The van der Waals surface area contributed by atoms with E-state index in [4.69, 9.17) is 0 Å². The number of sulfonamides is 1. The monoisotopic (exact) mass is 490 g/mol. The number of thiazole rings is 1. The second-order valence-electron chi connectivity index (χ2n) is 7.30. The molecule has 2 amide bonds. The van der Waals surface area contributed by atoms with Crippen LogP contribution in [-0.2, 0) is 21.4 Å². The van der Waals surface area contributed by atoms with Gasteiger partial charge >= 0.3 is 0 Å². The molecule has 2 aromatic heterocycles. The normalized spacial score (nSPS) is 14.4. The maximum atomic E-state index is 12.6. The van der Waals surface area contributed by atoms with Crippen LogP contribution in [0.5, 0.6) is 0 Å². The molecule has 0 bridgehead atoms. The number of hydrogen-bond donors (Lipinski definition) is 2. The average molecular weight is 491 g/mol. The third-order valence-electron chi connectivity index (χ3n) is 4.97. The zero-order chi connectivity index (χ0) is 22.7. The highest BCUT2D eigenvalue weighted by Crippen LogP contribution is 2.31. The summed E-state index contributed by atoms with van der Waals surface area (Å²) in [6.45, 7) is 3.02. The Kier molecular flexibility index (Phi) is 6.70. The fourth-order valence-corrected chi connectivity index (χ4v) is 6.50. The molecule has 4 rings (SSSR count). The fourth-order valence-electron chi connectivity index (χ4n) is 3.29. The molecule has 0 aliphatic carbocycles. The van der Waals surface area contributed by atoms with Crippen molar-refractivity contribution in [3.8, 4) is 10.6 Å². The predicted molar refractivity (Wildman–Crippen MR) is 125 cm³/mol. The average Bonchev–Trinajstić information content (AvgIpc) is 3.54. The molecular weight excluding hydrogens is 468 g/mol. The molecule has 1 aliphatic heterocycles. The molecule has 1 saturated heterocycles. The summed E-state index contributed by atoms with van der Waals surface area (Å²) in [4.78, 5) is 30.3. The Hall–Kier alpha value is -2.60. The number of benzene rings is 1. The Bertz CT molecular complexity index is 1230. The van der Waals surface area contributed by atoms with Gasteiger partial charge < -0.3 is 5.32 Å². The van der Waals surface area contributed by atoms with Gasteiger partial charge in [0.15, 0.2) is 5.13 Å². The van der Waals surface area contributed by atoms with Crippen molar-refractivity contribution in [1.82, 2.24) is 14.6 Å². The van der Waals surface area contributed by atoms with Gasteiger partial charge in [-0.05, 0) is 49.2 Å². The zero-order valence-corrected chi connectivity index (χ0v) is 19.8.